The van der Waals surface area contributed by atoms with E-state index >= 15 is 0 Å². The number of rotatable bonds is 9. The molecule has 1 amide bonds. The van der Waals surface area contributed by atoms with Gasteiger partial charge in [-0.15, -0.1) is 0 Å². The van der Waals surface area contributed by atoms with Crippen molar-refractivity contribution in [3.05, 3.63) is 0 Å². The van der Waals surface area contributed by atoms with Gasteiger partial charge in [0.25, 0.3) is 0 Å². The zero-order valence-electron chi connectivity index (χ0n) is 11.8. The molecule has 0 aromatic heterocycles. The lowest BCUT2D eigenvalue weighted by molar-refractivity contribution is -0.121. The molecular weight excluding hydrogens is 214 g/mol. The number of unbranched alkanes of at least 4 members (excludes halogenated alkanes) is 1. The molecule has 0 rings (SSSR count). The molecule has 0 heterocycles. The van der Waals surface area contributed by atoms with E-state index in [1.807, 2.05) is 0 Å². The maximum atomic E-state index is 11.5. The van der Waals surface area contributed by atoms with Gasteiger partial charge in [0.1, 0.15) is 0 Å². The van der Waals surface area contributed by atoms with Crippen LogP contribution in [0.5, 0.6) is 0 Å². The zero-order valence-corrected chi connectivity index (χ0v) is 11.8. The highest BCUT2D eigenvalue weighted by atomic mass is 16.1. The van der Waals surface area contributed by atoms with Crippen LogP contribution in [-0.4, -0.2) is 42.5 Å². The summed E-state index contributed by atoms with van der Waals surface area (Å²) in [5.41, 5.74) is 5.38. The molecule has 0 saturated carbocycles. The average Bonchev–Trinajstić information content (AvgIpc) is 2.23. The van der Waals surface area contributed by atoms with Crippen molar-refractivity contribution in [2.24, 2.45) is 5.73 Å². The normalized spacial score (nSPS) is 11.5. The molecule has 4 nitrogen and oxygen atoms in total. The van der Waals surface area contributed by atoms with E-state index in [2.05, 4.69) is 37.9 Å². The van der Waals surface area contributed by atoms with Crippen LogP contribution in [0.1, 0.15) is 47.0 Å². The number of hydrogen-bond donors (Lipinski definition) is 2. The summed E-state index contributed by atoms with van der Waals surface area (Å²) in [5, 5.41) is 2.96. The first-order valence-corrected chi connectivity index (χ1v) is 6.71. The van der Waals surface area contributed by atoms with Crippen molar-refractivity contribution in [2.45, 2.75) is 59.0 Å². The van der Waals surface area contributed by atoms with Gasteiger partial charge in [0, 0.05) is 31.6 Å². The minimum absolute atomic E-state index is 0.144. The molecular formula is C13H29N3O. The first-order chi connectivity index (χ1) is 7.99. The fraction of sp³-hybridized carbons (Fsp3) is 0.923. The standard InChI is InChI=1S/C13H29N3O/c1-11(2)16(12(3)4)10-9-15-13(17)7-5-6-8-14/h11-12H,5-10,14H2,1-4H3,(H,15,17). The number of nitrogens with two attached hydrogens (primary N) is 1. The van der Waals surface area contributed by atoms with E-state index in [0.717, 1.165) is 25.9 Å². The Kier molecular flexibility index (Phi) is 9.09. The van der Waals surface area contributed by atoms with E-state index in [1.54, 1.807) is 0 Å². The highest BCUT2D eigenvalue weighted by molar-refractivity contribution is 5.75. The molecule has 0 saturated heterocycles. The maximum absolute atomic E-state index is 11.5. The Hall–Kier alpha value is -0.610. The van der Waals surface area contributed by atoms with Gasteiger partial charge in [-0.2, -0.15) is 0 Å². The molecule has 0 fully saturated rings. The number of hydrogen-bond acceptors (Lipinski definition) is 3. The molecule has 0 aromatic rings. The van der Waals surface area contributed by atoms with Gasteiger partial charge in [0.15, 0.2) is 0 Å². The van der Waals surface area contributed by atoms with Crippen molar-refractivity contribution in [1.29, 1.82) is 0 Å². The van der Waals surface area contributed by atoms with E-state index in [-0.39, 0.29) is 5.91 Å². The van der Waals surface area contributed by atoms with Gasteiger partial charge in [0.05, 0.1) is 0 Å². The van der Waals surface area contributed by atoms with E-state index < -0.39 is 0 Å². The zero-order chi connectivity index (χ0) is 13.3. The Morgan fingerprint density at radius 3 is 2.24 bits per heavy atom. The van der Waals surface area contributed by atoms with E-state index in [9.17, 15) is 4.79 Å². The number of nitrogens with one attached hydrogen (secondary N) is 1. The SMILES string of the molecule is CC(C)N(CCNC(=O)CCCCN)C(C)C. The molecule has 0 unspecified atom stereocenters. The van der Waals surface area contributed by atoms with E-state index in [4.69, 9.17) is 5.73 Å². The van der Waals surface area contributed by atoms with Crippen LogP contribution in [0.15, 0.2) is 0 Å². The minimum atomic E-state index is 0.144. The molecule has 4 heteroatoms. The quantitative estimate of drug-likeness (QED) is 0.601. The first-order valence-electron chi connectivity index (χ1n) is 6.71. The van der Waals surface area contributed by atoms with Crippen molar-refractivity contribution >= 4 is 5.91 Å². The number of carbonyl (C=O) groups is 1. The van der Waals surface area contributed by atoms with Gasteiger partial charge in [-0.1, -0.05) is 0 Å². The lowest BCUT2D eigenvalue weighted by Crippen LogP contribution is -2.42. The van der Waals surface area contributed by atoms with Crippen molar-refractivity contribution in [2.75, 3.05) is 19.6 Å². The third kappa shape index (κ3) is 8.16. The molecule has 0 aliphatic rings. The molecule has 0 aliphatic heterocycles. The number of amides is 1. The second-order valence-corrected chi connectivity index (χ2v) is 5.02. The summed E-state index contributed by atoms with van der Waals surface area (Å²) in [5.74, 6) is 0.144. The van der Waals surface area contributed by atoms with Crippen molar-refractivity contribution in [1.82, 2.24) is 10.2 Å². The second kappa shape index (κ2) is 9.42. The summed E-state index contributed by atoms with van der Waals surface area (Å²) in [6, 6.07) is 1.04. The Bertz CT molecular complexity index is 197. The summed E-state index contributed by atoms with van der Waals surface area (Å²) in [7, 11) is 0. The molecule has 17 heavy (non-hydrogen) atoms. The smallest absolute Gasteiger partial charge is 0.220 e. The Balaban J connectivity index is 3.70. The van der Waals surface area contributed by atoms with Crippen LogP contribution in [0.4, 0.5) is 0 Å². The Labute approximate surface area is 106 Å². The topological polar surface area (TPSA) is 58.4 Å². The van der Waals surface area contributed by atoms with Crippen LogP contribution < -0.4 is 11.1 Å². The molecule has 0 spiro atoms. The molecule has 0 aliphatic carbocycles. The van der Waals surface area contributed by atoms with Gasteiger partial charge in [0.2, 0.25) is 5.91 Å². The fourth-order valence-electron chi connectivity index (χ4n) is 1.96. The average molecular weight is 243 g/mol. The molecule has 0 aromatic carbocycles. The Morgan fingerprint density at radius 2 is 1.76 bits per heavy atom. The van der Waals surface area contributed by atoms with Gasteiger partial charge < -0.3 is 11.1 Å². The summed E-state index contributed by atoms with van der Waals surface area (Å²) in [6.07, 6.45) is 2.42. The third-order valence-electron chi connectivity index (χ3n) is 2.88. The number of carbonyl (C=O) groups excluding carboxylic acids is 1. The highest BCUT2D eigenvalue weighted by Crippen LogP contribution is 2.03. The molecule has 3 N–H and O–H groups in total. The molecule has 102 valence electrons. The summed E-state index contributed by atoms with van der Waals surface area (Å²) < 4.78 is 0. The lowest BCUT2D eigenvalue weighted by atomic mass is 10.2. The molecule has 0 bridgehead atoms. The molecule has 0 atom stereocenters. The van der Waals surface area contributed by atoms with Crippen molar-refractivity contribution in [3.63, 3.8) is 0 Å². The second-order valence-electron chi connectivity index (χ2n) is 5.02. The Morgan fingerprint density at radius 1 is 1.18 bits per heavy atom. The van der Waals surface area contributed by atoms with Crippen LogP contribution in [-0.2, 0) is 4.79 Å². The maximum Gasteiger partial charge on any atom is 0.220 e. The number of nitrogens with zero attached hydrogens (tertiary/aromatic N) is 1. The predicted octanol–water partition coefficient (Wildman–Crippen LogP) is 1.35. The predicted molar refractivity (Wildman–Crippen MR) is 72.9 cm³/mol. The van der Waals surface area contributed by atoms with E-state index in [1.165, 1.54) is 0 Å². The van der Waals surface area contributed by atoms with Crippen LogP contribution in [0, 0.1) is 0 Å². The first kappa shape index (κ1) is 16.4. The molecule has 0 radical (unpaired) electrons. The van der Waals surface area contributed by atoms with Crippen molar-refractivity contribution in [3.8, 4) is 0 Å². The summed E-state index contributed by atoms with van der Waals surface area (Å²) >= 11 is 0. The van der Waals surface area contributed by atoms with Crippen molar-refractivity contribution < 1.29 is 4.79 Å². The van der Waals surface area contributed by atoms with Crippen LogP contribution in [0.25, 0.3) is 0 Å². The van der Waals surface area contributed by atoms with Crippen LogP contribution in [0.2, 0.25) is 0 Å². The van der Waals surface area contributed by atoms with Crippen LogP contribution in [0.3, 0.4) is 0 Å². The van der Waals surface area contributed by atoms with Gasteiger partial charge in [-0.05, 0) is 47.1 Å². The third-order valence-corrected chi connectivity index (χ3v) is 2.88. The summed E-state index contributed by atoms with van der Waals surface area (Å²) in [4.78, 5) is 13.8. The fourth-order valence-corrected chi connectivity index (χ4v) is 1.96. The van der Waals surface area contributed by atoms with Gasteiger partial charge >= 0.3 is 0 Å². The summed E-state index contributed by atoms with van der Waals surface area (Å²) in [6.45, 7) is 11.1. The van der Waals surface area contributed by atoms with Gasteiger partial charge in [-0.3, -0.25) is 9.69 Å². The lowest BCUT2D eigenvalue weighted by Gasteiger charge is -2.30. The monoisotopic (exact) mass is 243 g/mol. The largest absolute Gasteiger partial charge is 0.355 e. The van der Waals surface area contributed by atoms with Crippen LogP contribution >= 0.6 is 0 Å². The van der Waals surface area contributed by atoms with Gasteiger partial charge in [-0.25, -0.2) is 0 Å². The highest BCUT2D eigenvalue weighted by Gasteiger charge is 2.12. The van der Waals surface area contributed by atoms with E-state index in [0.29, 0.717) is 25.0 Å². The minimum Gasteiger partial charge on any atom is -0.355 e.